The number of nitrogens with two attached hydrogens (primary N) is 1. The molecule has 19 heavy (non-hydrogen) atoms. The van der Waals surface area contributed by atoms with Crippen molar-refractivity contribution in [3.05, 3.63) is 64.1 Å². The van der Waals surface area contributed by atoms with Gasteiger partial charge in [0.2, 0.25) is 0 Å². The molecule has 100 valence electrons. The predicted molar refractivity (Wildman–Crippen MR) is 85.0 cm³/mol. The minimum atomic E-state index is 0.887. The second kappa shape index (κ2) is 6.73. The predicted octanol–water partition coefficient (Wildman–Crippen LogP) is 3.71. The smallest absolute Gasteiger partial charge is 0.0347 e. The number of benzene rings is 2. The fourth-order valence-electron chi connectivity index (χ4n) is 2.10. The quantitative estimate of drug-likeness (QED) is 0.852. The van der Waals surface area contributed by atoms with Gasteiger partial charge in [-0.15, -0.1) is 0 Å². The molecule has 0 aliphatic rings. The minimum Gasteiger partial charge on any atom is -0.399 e. The van der Waals surface area contributed by atoms with Gasteiger partial charge in [-0.1, -0.05) is 46.3 Å². The van der Waals surface area contributed by atoms with Crippen LogP contribution in [0.3, 0.4) is 0 Å². The normalized spacial score (nSPS) is 10.9. The van der Waals surface area contributed by atoms with Crippen LogP contribution in [0.2, 0.25) is 0 Å². The Morgan fingerprint density at radius 1 is 1.11 bits per heavy atom. The van der Waals surface area contributed by atoms with Crippen LogP contribution >= 0.6 is 15.9 Å². The van der Waals surface area contributed by atoms with Gasteiger partial charge in [0.05, 0.1) is 0 Å². The number of halogens is 1. The molecule has 0 bridgehead atoms. The van der Waals surface area contributed by atoms with Gasteiger partial charge in [-0.3, -0.25) is 0 Å². The summed E-state index contributed by atoms with van der Waals surface area (Å²) >= 11 is 3.50. The summed E-state index contributed by atoms with van der Waals surface area (Å²) in [4.78, 5) is 2.31. The first-order valence-corrected chi connectivity index (χ1v) is 7.21. The lowest BCUT2D eigenvalue weighted by atomic mass is 10.1. The van der Waals surface area contributed by atoms with E-state index in [0.29, 0.717) is 0 Å². The molecule has 0 amide bonds. The van der Waals surface area contributed by atoms with E-state index < -0.39 is 0 Å². The highest BCUT2D eigenvalue weighted by Crippen LogP contribution is 2.14. The molecule has 0 spiro atoms. The van der Waals surface area contributed by atoms with Gasteiger partial charge in [0.25, 0.3) is 0 Å². The van der Waals surface area contributed by atoms with Crippen molar-refractivity contribution in [1.29, 1.82) is 0 Å². The molecule has 2 aromatic carbocycles. The van der Waals surface area contributed by atoms with E-state index in [4.69, 9.17) is 5.73 Å². The van der Waals surface area contributed by atoms with E-state index in [-0.39, 0.29) is 0 Å². The first-order valence-electron chi connectivity index (χ1n) is 6.41. The summed E-state index contributed by atoms with van der Waals surface area (Å²) in [7, 11) is 2.14. The van der Waals surface area contributed by atoms with Gasteiger partial charge in [-0.05, 0) is 42.8 Å². The molecular weight excluding hydrogens is 300 g/mol. The Kier molecular flexibility index (Phi) is 5.00. The van der Waals surface area contributed by atoms with Crippen LogP contribution in [0.15, 0.2) is 53.0 Å². The Labute approximate surface area is 123 Å². The van der Waals surface area contributed by atoms with Gasteiger partial charge in [0, 0.05) is 23.2 Å². The molecule has 0 saturated heterocycles. The first-order chi connectivity index (χ1) is 9.15. The second-order valence-electron chi connectivity index (χ2n) is 4.82. The Balaban J connectivity index is 1.88. The van der Waals surface area contributed by atoms with E-state index >= 15 is 0 Å². The standard InChI is InChI=1S/C16H19BrN2/c1-19(12-13-5-4-7-15(17)11-13)10-9-14-6-2-3-8-16(14)18/h2-8,11H,9-10,12,18H2,1H3. The molecule has 0 heterocycles. The molecule has 2 N–H and O–H groups in total. The molecule has 3 heteroatoms. The van der Waals surface area contributed by atoms with E-state index in [1.165, 1.54) is 11.1 Å². The van der Waals surface area contributed by atoms with Crippen LogP contribution in [0.25, 0.3) is 0 Å². The van der Waals surface area contributed by atoms with Crippen LogP contribution in [-0.2, 0) is 13.0 Å². The van der Waals surface area contributed by atoms with Crippen molar-refractivity contribution < 1.29 is 0 Å². The molecular formula is C16H19BrN2. The van der Waals surface area contributed by atoms with Crippen molar-refractivity contribution in [1.82, 2.24) is 4.90 Å². The molecule has 0 radical (unpaired) electrons. The number of hydrogen-bond donors (Lipinski definition) is 1. The van der Waals surface area contributed by atoms with Crippen molar-refractivity contribution in [3.63, 3.8) is 0 Å². The van der Waals surface area contributed by atoms with E-state index in [9.17, 15) is 0 Å². The highest BCUT2D eigenvalue weighted by atomic mass is 79.9. The van der Waals surface area contributed by atoms with Gasteiger partial charge < -0.3 is 10.6 Å². The van der Waals surface area contributed by atoms with Crippen LogP contribution in [0, 0.1) is 0 Å². The van der Waals surface area contributed by atoms with Gasteiger partial charge in [-0.2, -0.15) is 0 Å². The van der Waals surface area contributed by atoms with Crippen molar-refractivity contribution in [2.45, 2.75) is 13.0 Å². The monoisotopic (exact) mass is 318 g/mol. The highest BCUT2D eigenvalue weighted by molar-refractivity contribution is 9.10. The van der Waals surface area contributed by atoms with Crippen LogP contribution in [0.1, 0.15) is 11.1 Å². The van der Waals surface area contributed by atoms with Gasteiger partial charge in [-0.25, -0.2) is 0 Å². The molecule has 0 fully saturated rings. The number of rotatable bonds is 5. The lowest BCUT2D eigenvalue weighted by Gasteiger charge is -2.17. The fourth-order valence-corrected chi connectivity index (χ4v) is 2.55. The van der Waals surface area contributed by atoms with Crippen LogP contribution < -0.4 is 5.73 Å². The Morgan fingerprint density at radius 3 is 2.63 bits per heavy atom. The third kappa shape index (κ3) is 4.37. The molecule has 0 saturated carbocycles. The molecule has 2 aromatic rings. The third-order valence-electron chi connectivity index (χ3n) is 3.16. The van der Waals surface area contributed by atoms with Crippen LogP contribution in [0.4, 0.5) is 5.69 Å². The van der Waals surface area contributed by atoms with E-state index in [0.717, 1.165) is 29.7 Å². The summed E-state index contributed by atoms with van der Waals surface area (Å²) in [6, 6.07) is 16.5. The van der Waals surface area contributed by atoms with Gasteiger partial charge >= 0.3 is 0 Å². The second-order valence-corrected chi connectivity index (χ2v) is 5.73. The highest BCUT2D eigenvalue weighted by Gasteiger charge is 2.03. The Bertz CT molecular complexity index is 540. The van der Waals surface area contributed by atoms with Crippen molar-refractivity contribution in [2.75, 3.05) is 19.3 Å². The number of hydrogen-bond acceptors (Lipinski definition) is 2. The summed E-state index contributed by atoms with van der Waals surface area (Å²) in [5.74, 6) is 0. The maximum atomic E-state index is 5.95. The summed E-state index contributed by atoms with van der Waals surface area (Å²) in [5.41, 5.74) is 9.38. The molecule has 0 aromatic heterocycles. The van der Waals surface area contributed by atoms with Crippen molar-refractivity contribution >= 4 is 21.6 Å². The minimum absolute atomic E-state index is 0.887. The number of nitrogen functional groups attached to an aromatic ring is 1. The maximum absolute atomic E-state index is 5.95. The van der Waals surface area contributed by atoms with Crippen LogP contribution in [0.5, 0.6) is 0 Å². The summed E-state index contributed by atoms with van der Waals surface area (Å²) in [5, 5.41) is 0. The number of nitrogens with zero attached hydrogens (tertiary/aromatic N) is 1. The number of para-hydroxylation sites is 1. The zero-order valence-electron chi connectivity index (χ0n) is 11.1. The van der Waals surface area contributed by atoms with E-state index in [2.05, 4.69) is 52.1 Å². The topological polar surface area (TPSA) is 29.3 Å². The Hall–Kier alpha value is -1.32. The van der Waals surface area contributed by atoms with Crippen molar-refractivity contribution in [2.24, 2.45) is 0 Å². The Morgan fingerprint density at radius 2 is 1.89 bits per heavy atom. The molecule has 2 rings (SSSR count). The fraction of sp³-hybridized carbons (Fsp3) is 0.250. The largest absolute Gasteiger partial charge is 0.399 e. The summed E-state index contributed by atoms with van der Waals surface area (Å²) < 4.78 is 1.13. The van der Waals surface area contributed by atoms with Gasteiger partial charge in [0.15, 0.2) is 0 Å². The molecule has 0 aliphatic carbocycles. The zero-order chi connectivity index (χ0) is 13.7. The summed E-state index contributed by atoms with van der Waals surface area (Å²) in [6.45, 7) is 1.95. The molecule has 0 aliphatic heterocycles. The lowest BCUT2D eigenvalue weighted by molar-refractivity contribution is 0.331. The average Bonchev–Trinajstić information content (AvgIpc) is 2.38. The van der Waals surface area contributed by atoms with E-state index in [1.807, 2.05) is 24.3 Å². The average molecular weight is 319 g/mol. The lowest BCUT2D eigenvalue weighted by Crippen LogP contribution is -2.21. The van der Waals surface area contributed by atoms with Crippen LogP contribution in [-0.4, -0.2) is 18.5 Å². The number of anilines is 1. The van der Waals surface area contributed by atoms with Crippen molar-refractivity contribution in [3.8, 4) is 0 Å². The maximum Gasteiger partial charge on any atom is 0.0347 e. The van der Waals surface area contributed by atoms with E-state index in [1.54, 1.807) is 0 Å². The first kappa shape index (κ1) is 14.1. The number of likely N-dealkylation sites (N-methyl/N-ethyl adjacent to an activating group) is 1. The molecule has 2 nitrogen and oxygen atoms in total. The third-order valence-corrected chi connectivity index (χ3v) is 3.65. The molecule has 0 unspecified atom stereocenters. The SMILES string of the molecule is CN(CCc1ccccc1N)Cc1cccc(Br)c1. The molecule has 0 atom stereocenters. The zero-order valence-corrected chi connectivity index (χ0v) is 12.7. The van der Waals surface area contributed by atoms with Gasteiger partial charge in [0.1, 0.15) is 0 Å². The summed E-state index contributed by atoms with van der Waals surface area (Å²) in [6.07, 6.45) is 0.983.